The van der Waals surface area contributed by atoms with E-state index >= 15 is 0 Å². The van der Waals surface area contributed by atoms with Crippen molar-refractivity contribution in [3.8, 4) is 22.9 Å². The second kappa shape index (κ2) is 22.9. The number of nitrogens with zero attached hydrogens (tertiary/aromatic N) is 8. The van der Waals surface area contributed by atoms with Crippen molar-refractivity contribution in [2.75, 3.05) is 13.2 Å². The Kier molecular flexibility index (Phi) is 15.4. The number of carbonyl (C=O) groups is 2. The molecule has 382 valence electrons. The van der Waals surface area contributed by atoms with Crippen molar-refractivity contribution in [2.45, 2.75) is 97.6 Å². The molecule has 1 amide bonds. The third-order valence-corrected chi connectivity index (χ3v) is 13.7. The third-order valence-electron chi connectivity index (χ3n) is 13.7. The highest BCUT2D eigenvalue weighted by Gasteiger charge is 2.45. The van der Waals surface area contributed by atoms with Gasteiger partial charge in [0.1, 0.15) is 18.1 Å². The zero-order valence-corrected chi connectivity index (χ0v) is 42.2. The molecule has 6 aromatic heterocycles. The molecule has 75 heavy (non-hydrogen) atoms. The zero-order chi connectivity index (χ0) is 51.7. The third kappa shape index (κ3) is 11.6. The summed E-state index contributed by atoms with van der Waals surface area (Å²) in [6.07, 6.45) is 8.73. The molecule has 0 unspecified atom stereocenters. The van der Waals surface area contributed by atoms with Crippen LogP contribution < -0.4 is 20.3 Å². The summed E-state index contributed by atoms with van der Waals surface area (Å²) in [5.74, 6) is 0.356. The highest BCUT2D eigenvalue weighted by molar-refractivity contribution is 5.90. The van der Waals surface area contributed by atoms with Gasteiger partial charge in [-0.2, -0.15) is 0 Å². The molecule has 2 aromatic carbocycles. The number of rotatable bonds is 21. The molecule has 8 aromatic rings. The number of amides is 1. The lowest BCUT2D eigenvalue weighted by Gasteiger charge is -2.31. The van der Waals surface area contributed by atoms with Crippen molar-refractivity contribution >= 4 is 23.0 Å². The number of aromatic nitrogens is 6. The van der Waals surface area contributed by atoms with E-state index in [9.17, 15) is 19.5 Å². The van der Waals surface area contributed by atoms with Gasteiger partial charge in [-0.25, -0.2) is 14.6 Å². The summed E-state index contributed by atoms with van der Waals surface area (Å²) in [6.45, 7) is 8.38. The number of benzene rings is 2. The molecule has 16 nitrogen and oxygen atoms in total. The summed E-state index contributed by atoms with van der Waals surface area (Å²) >= 11 is 0. The van der Waals surface area contributed by atoms with Crippen molar-refractivity contribution in [1.82, 2.24) is 44.6 Å². The van der Waals surface area contributed by atoms with Crippen molar-refractivity contribution < 1.29 is 28.9 Å². The van der Waals surface area contributed by atoms with Gasteiger partial charge in [0, 0.05) is 87.1 Å². The minimum absolute atomic E-state index is 0.0625. The Bertz CT molecular complexity index is 3170. The quantitative estimate of drug-likeness (QED) is 0.0515. The van der Waals surface area contributed by atoms with Gasteiger partial charge in [-0.3, -0.25) is 34.5 Å². The van der Waals surface area contributed by atoms with Crippen molar-refractivity contribution in [3.63, 3.8) is 0 Å². The highest BCUT2D eigenvalue weighted by Crippen LogP contribution is 2.41. The predicted octanol–water partition coefficient (Wildman–Crippen LogP) is 8.57. The number of hydrogen-bond donors (Lipinski definition) is 2. The molecular weight excluding hydrogens is 947 g/mol. The molecule has 0 bridgehead atoms. The molecule has 0 saturated carbocycles. The number of pyridine rings is 6. The first kappa shape index (κ1) is 50.4. The largest absolute Gasteiger partial charge is 0.494 e. The van der Waals surface area contributed by atoms with Gasteiger partial charge in [0.2, 0.25) is 0 Å². The maximum Gasteiger partial charge on any atom is 0.412 e. The molecule has 1 atom stereocenters. The molecule has 0 radical (unpaired) electrons. The van der Waals surface area contributed by atoms with Gasteiger partial charge in [-0.1, -0.05) is 44.2 Å². The van der Waals surface area contributed by atoms with Gasteiger partial charge in [0.15, 0.2) is 5.60 Å². The van der Waals surface area contributed by atoms with Crippen molar-refractivity contribution in [3.05, 3.63) is 207 Å². The van der Waals surface area contributed by atoms with E-state index in [1.54, 1.807) is 29.7 Å². The number of unbranched alkanes of at least 4 members (excludes halogenated alkanes) is 1. The first-order valence-electron chi connectivity index (χ1n) is 25.5. The number of aryl methyl sites for hydroxylation is 1. The standard InChI is InChI=1S/C59H59N9O7/c1-3-48-49-30-46(19-20-53(49)65-55-50(48)38-68-54(55)31-52-51(56(68)69)39-74-57(70)59(52,72)4-2)75-58(71)64-25-13-14-26-73-47-28-40(32-66(34-42-15-5-9-21-60-42)35-43-16-6-10-22-61-43)27-41(29-47)33-67(36-44-17-7-11-23-62-44)37-45-18-8-12-24-63-45/h5-12,15-24,27-31,72H,3-4,13-14,25-26,32-39H2,1-2H3,(H,64,71)/t59-/m1/s1. The molecule has 0 spiro atoms. The Morgan fingerprint density at radius 1 is 0.707 bits per heavy atom. The monoisotopic (exact) mass is 1010 g/mol. The van der Waals surface area contributed by atoms with Crippen LogP contribution in [0.15, 0.2) is 145 Å². The van der Waals surface area contributed by atoms with Gasteiger partial charge < -0.3 is 29.2 Å². The zero-order valence-electron chi connectivity index (χ0n) is 42.2. The number of ether oxygens (including phenoxy) is 3. The van der Waals surface area contributed by atoms with Gasteiger partial charge >= 0.3 is 12.1 Å². The average Bonchev–Trinajstić information content (AvgIpc) is 3.80. The summed E-state index contributed by atoms with van der Waals surface area (Å²) in [5, 5.41) is 15.0. The van der Waals surface area contributed by atoms with Crippen LogP contribution in [0.25, 0.3) is 22.3 Å². The van der Waals surface area contributed by atoms with Crippen LogP contribution in [0.4, 0.5) is 4.79 Å². The predicted molar refractivity (Wildman–Crippen MR) is 282 cm³/mol. The fourth-order valence-corrected chi connectivity index (χ4v) is 10.1. The van der Waals surface area contributed by atoms with E-state index < -0.39 is 17.7 Å². The highest BCUT2D eigenvalue weighted by atomic mass is 16.6. The Labute approximate surface area is 435 Å². The van der Waals surface area contributed by atoms with E-state index in [1.165, 1.54) is 0 Å². The van der Waals surface area contributed by atoms with E-state index in [2.05, 4.69) is 53.3 Å². The lowest BCUT2D eigenvalue weighted by Crippen LogP contribution is -2.44. The van der Waals surface area contributed by atoms with Crippen LogP contribution in [0.2, 0.25) is 0 Å². The molecule has 8 heterocycles. The van der Waals surface area contributed by atoms with Crippen molar-refractivity contribution in [2.24, 2.45) is 0 Å². The average molecular weight is 1010 g/mol. The fourth-order valence-electron chi connectivity index (χ4n) is 10.1. The maximum absolute atomic E-state index is 13.8. The van der Waals surface area contributed by atoms with Gasteiger partial charge in [0.25, 0.3) is 5.56 Å². The molecule has 2 N–H and O–H groups in total. The maximum atomic E-state index is 13.8. The van der Waals surface area contributed by atoms with Crippen LogP contribution in [0.3, 0.4) is 0 Å². The van der Waals surface area contributed by atoms with Gasteiger partial charge in [-0.15, -0.1) is 0 Å². The SMILES string of the molecule is CCc1c2c(nc3ccc(OC(=O)NCCCCOc4cc(CN(Cc5ccccn5)Cc5ccccn5)cc(CN(Cc5ccccn5)Cc5ccccn5)c4)cc13)-c1cc3c(c(=O)n1C2)COC(=O)[C@@]3(O)CC. The van der Waals surface area contributed by atoms with Crippen LogP contribution in [0.1, 0.15) is 89.3 Å². The van der Waals surface area contributed by atoms with Crippen LogP contribution >= 0.6 is 0 Å². The Morgan fingerprint density at radius 3 is 1.83 bits per heavy atom. The van der Waals surface area contributed by atoms with Crippen LogP contribution in [-0.4, -0.2) is 69.6 Å². The molecule has 2 aliphatic rings. The smallest absolute Gasteiger partial charge is 0.412 e. The number of aliphatic hydroxyl groups is 1. The van der Waals surface area contributed by atoms with Crippen LogP contribution in [0.5, 0.6) is 11.5 Å². The normalized spacial score (nSPS) is 14.6. The van der Waals surface area contributed by atoms with E-state index in [1.807, 2.05) is 111 Å². The lowest BCUT2D eigenvalue weighted by atomic mass is 9.86. The summed E-state index contributed by atoms with van der Waals surface area (Å²) < 4.78 is 19.2. The second-order valence-electron chi connectivity index (χ2n) is 19.0. The molecule has 0 aliphatic carbocycles. The molecule has 0 fully saturated rings. The molecule has 10 rings (SSSR count). The Morgan fingerprint density at radius 2 is 1.29 bits per heavy atom. The van der Waals surface area contributed by atoms with Crippen LogP contribution in [0, 0.1) is 0 Å². The number of hydrogen-bond acceptors (Lipinski definition) is 14. The summed E-state index contributed by atoms with van der Waals surface area (Å²) in [6, 6.07) is 37.4. The van der Waals surface area contributed by atoms with E-state index in [4.69, 9.17) is 19.2 Å². The number of nitrogens with one attached hydrogen (secondary N) is 1. The van der Waals surface area contributed by atoms with Crippen molar-refractivity contribution in [1.29, 1.82) is 0 Å². The first-order chi connectivity index (χ1) is 36.6. The lowest BCUT2D eigenvalue weighted by molar-refractivity contribution is -0.172. The minimum atomic E-state index is -1.91. The number of esters is 1. The van der Waals surface area contributed by atoms with Gasteiger partial charge in [-0.05, 0) is 127 Å². The molecular formula is C59H59N9O7. The summed E-state index contributed by atoms with van der Waals surface area (Å²) in [4.78, 5) is 67.8. The van der Waals surface area contributed by atoms with E-state index in [0.29, 0.717) is 94.3 Å². The molecule has 2 aliphatic heterocycles. The Balaban J connectivity index is 0.803. The molecule has 16 heteroatoms. The summed E-state index contributed by atoms with van der Waals surface area (Å²) in [5.41, 5.74) is 8.04. The topological polar surface area (TPSA) is 187 Å². The second-order valence-corrected chi connectivity index (χ2v) is 19.0. The fraction of sp³-hybridized carbons (Fsp3) is 0.288. The van der Waals surface area contributed by atoms with Crippen LogP contribution in [-0.2, 0) is 74.0 Å². The number of fused-ring (bicyclic) bond motifs is 5. The number of carbonyl (C=O) groups excluding carboxylic acids is 2. The first-order valence-corrected chi connectivity index (χ1v) is 25.5. The van der Waals surface area contributed by atoms with E-state index in [0.717, 1.165) is 56.2 Å². The Hall–Kier alpha value is -8.18. The molecule has 0 saturated heterocycles. The van der Waals surface area contributed by atoms with Gasteiger partial charge in [0.05, 0.1) is 58.4 Å². The minimum Gasteiger partial charge on any atom is -0.494 e. The number of cyclic esters (lactones) is 1. The summed E-state index contributed by atoms with van der Waals surface area (Å²) in [7, 11) is 0. The van der Waals surface area contributed by atoms with E-state index in [-0.39, 0.29) is 36.3 Å².